The Hall–Kier alpha value is -3.36. The van der Waals surface area contributed by atoms with Crippen molar-refractivity contribution in [3.05, 3.63) is 65.2 Å². The summed E-state index contributed by atoms with van der Waals surface area (Å²) in [5, 5.41) is 2.90. The van der Waals surface area contributed by atoms with Gasteiger partial charge in [-0.05, 0) is 68.5 Å². The Morgan fingerprint density at radius 3 is 2.00 bits per heavy atom. The van der Waals surface area contributed by atoms with Crippen molar-refractivity contribution >= 4 is 23.4 Å². The fraction of sp³-hybridized carbons (Fsp3) is 0.423. The summed E-state index contributed by atoms with van der Waals surface area (Å²) in [7, 11) is 0. The largest absolute Gasteiger partial charge is 0.416 e. The molecule has 0 bridgehead atoms. The number of carbonyl (C=O) groups excluding carboxylic acids is 3. The Bertz CT molecular complexity index is 1070. The van der Waals surface area contributed by atoms with E-state index in [0.29, 0.717) is 50.3 Å². The van der Waals surface area contributed by atoms with E-state index in [1.54, 1.807) is 29.2 Å². The molecule has 4 rings (SSSR count). The molecule has 0 atom stereocenters. The van der Waals surface area contributed by atoms with E-state index < -0.39 is 11.7 Å². The van der Waals surface area contributed by atoms with Gasteiger partial charge in [0, 0.05) is 37.7 Å². The van der Waals surface area contributed by atoms with Gasteiger partial charge < -0.3 is 15.1 Å². The van der Waals surface area contributed by atoms with E-state index in [1.165, 1.54) is 12.1 Å². The highest BCUT2D eigenvalue weighted by Crippen LogP contribution is 2.30. The maximum atomic E-state index is 13.0. The quantitative estimate of drug-likeness (QED) is 0.672. The predicted molar refractivity (Wildman–Crippen MR) is 125 cm³/mol. The lowest BCUT2D eigenvalue weighted by molar-refractivity contribution is -0.137. The lowest BCUT2D eigenvalue weighted by atomic mass is 9.95. The Balaban J connectivity index is 1.34. The monoisotopic (exact) mass is 487 g/mol. The van der Waals surface area contributed by atoms with E-state index >= 15 is 0 Å². The second-order valence-corrected chi connectivity index (χ2v) is 9.03. The van der Waals surface area contributed by atoms with Gasteiger partial charge >= 0.3 is 6.18 Å². The molecule has 2 aliphatic rings. The number of nitrogens with zero attached hydrogens (tertiary/aromatic N) is 2. The van der Waals surface area contributed by atoms with Gasteiger partial charge in [0.15, 0.2) is 0 Å². The van der Waals surface area contributed by atoms with Crippen LogP contribution in [0, 0.1) is 5.92 Å². The molecule has 186 valence electrons. The Morgan fingerprint density at radius 2 is 1.37 bits per heavy atom. The first-order valence-electron chi connectivity index (χ1n) is 11.9. The van der Waals surface area contributed by atoms with Crippen molar-refractivity contribution < 1.29 is 27.6 Å². The Morgan fingerprint density at radius 1 is 0.771 bits per heavy atom. The number of likely N-dealkylation sites (tertiary alicyclic amines) is 2. The molecule has 9 heteroatoms. The number of hydrogen-bond donors (Lipinski definition) is 1. The van der Waals surface area contributed by atoms with E-state index in [0.717, 1.165) is 31.4 Å². The summed E-state index contributed by atoms with van der Waals surface area (Å²) in [4.78, 5) is 42.0. The number of para-hydroxylation sites is 1. The van der Waals surface area contributed by atoms with Gasteiger partial charge in [-0.2, -0.15) is 13.2 Å². The van der Waals surface area contributed by atoms with Gasteiger partial charge in [0.1, 0.15) is 0 Å². The highest BCUT2D eigenvalue weighted by molar-refractivity contribution is 6.04. The number of anilines is 1. The van der Waals surface area contributed by atoms with Crippen LogP contribution in [0.1, 0.15) is 58.4 Å². The smallest absolute Gasteiger partial charge is 0.339 e. The van der Waals surface area contributed by atoms with Crippen LogP contribution in [-0.2, 0) is 11.0 Å². The minimum atomic E-state index is -4.45. The minimum Gasteiger partial charge on any atom is -0.339 e. The molecule has 2 saturated heterocycles. The van der Waals surface area contributed by atoms with Crippen molar-refractivity contribution in [2.75, 3.05) is 31.5 Å². The standard InChI is InChI=1S/C26H28F3N3O3/c27-26(28,29)20-10-8-19(9-11-20)24(34)32-16-12-18(13-17-32)23(33)30-22-7-3-2-6-21(22)25(35)31-14-4-1-5-15-31/h2-3,6-11,18H,1,4-5,12-17H2,(H,30,33). The maximum absolute atomic E-state index is 13.0. The molecule has 6 nitrogen and oxygen atoms in total. The number of halogens is 3. The Labute approximate surface area is 202 Å². The molecule has 2 heterocycles. The lowest BCUT2D eigenvalue weighted by Crippen LogP contribution is -2.41. The van der Waals surface area contributed by atoms with Gasteiger partial charge in [0.2, 0.25) is 5.91 Å². The molecule has 1 N–H and O–H groups in total. The molecule has 2 aromatic rings. The number of rotatable bonds is 4. The van der Waals surface area contributed by atoms with Gasteiger partial charge in [-0.25, -0.2) is 0 Å². The number of alkyl halides is 3. The van der Waals surface area contributed by atoms with Gasteiger partial charge in [-0.3, -0.25) is 14.4 Å². The van der Waals surface area contributed by atoms with Crippen LogP contribution in [0.3, 0.4) is 0 Å². The molecule has 35 heavy (non-hydrogen) atoms. The van der Waals surface area contributed by atoms with Crippen LogP contribution in [0.4, 0.5) is 18.9 Å². The zero-order valence-corrected chi connectivity index (χ0v) is 19.3. The molecule has 0 unspecified atom stereocenters. The van der Waals surface area contributed by atoms with Gasteiger partial charge in [0.05, 0.1) is 16.8 Å². The number of benzene rings is 2. The van der Waals surface area contributed by atoms with E-state index in [1.807, 2.05) is 4.90 Å². The summed E-state index contributed by atoms with van der Waals surface area (Å²) < 4.78 is 38.3. The highest BCUT2D eigenvalue weighted by Gasteiger charge is 2.32. The predicted octanol–water partition coefficient (Wildman–Crippen LogP) is 4.82. The third-order valence-electron chi connectivity index (χ3n) is 6.67. The molecular formula is C26H28F3N3O3. The summed E-state index contributed by atoms with van der Waals surface area (Å²) in [5.74, 6) is -0.970. The molecule has 0 aliphatic carbocycles. The fourth-order valence-corrected chi connectivity index (χ4v) is 4.61. The molecule has 3 amide bonds. The maximum Gasteiger partial charge on any atom is 0.416 e. The van der Waals surface area contributed by atoms with Crippen molar-refractivity contribution in [3.8, 4) is 0 Å². The summed E-state index contributed by atoms with van der Waals surface area (Å²) >= 11 is 0. The first-order valence-corrected chi connectivity index (χ1v) is 11.9. The lowest BCUT2D eigenvalue weighted by Gasteiger charge is -2.32. The summed E-state index contributed by atoms with van der Waals surface area (Å²) in [6.07, 6.45) is -0.526. The molecule has 0 radical (unpaired) electrons. The molecule has 2 aromatic carbocycles. The highest BCUT2D eigenvalue weighted by atomic mass is 19.4. The molecule has 2 aliphatic heterocycles. The van der Waals surface area contributed by atoms with E-state index in [-0.39, 0.29) is 29.2 Å². The molecular weight excluding hydrogens is 459 g/mol. The van der Waals surface area contributed by atoms with E-state index in [9.17, 15) is 27.6 Å². The molecule has 0 aromatic heterocycles. The van der Waals surface area contributed by atoms with Crippen LogP contribution in [0.5, 0.6) is 0 Å². The fourth-order valence-electron chi connectivity index (χ4n) is 4.61. The summed E-state index contributed by atoms with van der Waals surface area (Å²) in [6.45, 7) is 2.08. The van der Waals surface area contributed by atoms with Crippen molar-refractivity contribution in [1.82, 2.24) is 9.80 Å². The SMILES string of the molecule is O=C(Nc1ccccc1C(=O)N1CCCCC1)C1CCN(C(=O)c2ccc(C(F)(F)F)cc2)CC1. The van der Waals surface area contributed by atoms with Crippen LogP contribution in [0.2, 0.25) is 0 Å². The number of piperidine rings is 2. The van der Waals surface area contributed by atoms with E-state index in [2.05, 4.69) is 5.32 Å². The van der Waals surface area contributed by atoms with Gasteiger partial charge in [0.25, 0.3) is 11.8 Å². The molecule has 2 fully saturated rings. The van der Waals surface area contributed by atoms with Gasteiger partial charge in [-0.1, -0.05) is 12.1 Å². The van der Waals surface area contributed by atoms with Crippen LogP contribution in [0.15, 0.2) is 48.5 Å². The van der Waals surface area contributed by atoms with Crippen LogP contribution in [0.25, 0.3) is 0 Å². The van der Waals surface area contributed by atoms with Crippen molar-refractivity contribution in [2.45, 2.75) is 38.3 Å². The third kappa shape index (κ3) is 5.83. The normalized spacial score (nSPS) is 17.2. The zero-order valence-electron chi connectivity index (χ0n) is 19.3. The van der Waals surface area contributed by atoms with E-state index in [4.69, 9.17) is 0 Å². The first-order chi connectivity index (χ1) is 16.7. The van der Waals surface area contributed by atoms with Crippen molar-refractivity contribution in [2.24, 2.45) is 5.92 Å². The molecule has 0 spiro atoms. The van der Waals surface area contributed by atoms with Crippen LogP contribution < -0.4 is 5.32 Å². The second-order valence-electron chi connectivity index (χ2n) is 9.03. The molecule has 0 saturated carbocycles. The summed E-state index contributed by atoms with van der Waals surface area (Å²) in [5.41, 5.74) is 0.337. The van der Waals surface area contributed by atoms with Crippen LogP contribution >= 0.6 is 0 Å². The second kappa shape index (κ2) is 10.5. The Kier molecular flexibility index (Phi) is 7.42. The number of amides is 3. The first kappa shape index (κ1) is 24.8. The average molecular weight is 488 g/mol. The summed E-state index contributed by atoms with van der Waals surface area (Å²) in [6, 6.07) is 11.1. The zero-order chi connectivity index (χ0) is 25.0. The topological polar surface area (TPSA) is 69.7 Å². The van der Waals surface area contributed by atoms with Crippen LogP contribution in [-0.4, -0.2) is 53.7 Å². The third-order valence-corrected chi connectivity index (χ3v) is 6.67. The van der Waals surface area contributed by atoms with Crippen molar-refractivity contribution in [3.63, 3.8) is 0 Å². The number of carbonyl (C=O) groups is 3. The van der Waals surface area contributed by atoms with Gasteiger partial charge in [-0.15, -0.1) is 0 Å². The number of hydrogen-bond acceptors (Lipinski definition) is 3. The minimum absolute atomic E-state index is 0.0856. The van der Waals surface area contributed by atoms with Crippen molar-refractivity contribution in [1.29, 1.82) is 0 Å². The number of nitrogens with one attached hydrogen (secondary N) is 1. The average Bonchev–Trinajstić information content (AvgIpc) is 2.88.